The van der Waals surface area contributed by atoms with Gasteiger partial charge in [-0.3, -0.25) is 9.59 Å². The van der Waals surface area contributed by atoms with E-state index in [1.807, 2.05) is 0 Å². The van der Waals surface area contributed by atoms with Crippen molar-refractivity contribution in [3.63, 3.8) is 0 Å². The zero-order valence-electron chi connectivity index (χ0n) is 13.6. The molecule has 126 valence electrons. The molecule has 0 aliphatic heterocycles. The predicted octanol–water partition coefficient (Wildman–Crippen LogP) is 1.71. The van der Waals surface area contributed by atoms with Gasteiger partial charge in [-0.05, 0) is 44.4 Å². The number of nitrogens with one attached hydrogen (secondary N) is 2. The van der Waals surface area contributed by atoms with Crippen LogP contribution in [0.5, 0.6) is 0 Å². The summed E-state index contributed by atoms with van der Waals surface area (Å²) in [6, 6.07) is 0.259. The van der Waals surface area contributed by atoms with Crippen molar-refractivity contribution >= 4 is 11.8 Å². The van der Waals surface area contributed by atoms with Crippen LogP contribution in [0.4, 0.5) is 0 Å². The van der Waals surface area contributed by atoms with E-state index in [4.69, 9.17) is 5.73 Å². The highest BCUT2D eigenvalue weighted by Crippen LogP contribution is 2.27. The van der Waals surface area contributed by atoms with Gasteiger partial charge in [-0.2, -0.15) is 0 Å². The van der Waals surface area contributed by atoms with Gasteiger partial charge in [-0.1, -0.05) is 19.3 Å². The van der Waals surface area contributed by atoms with Gasteiger partial charge >= 0.3 is 0 Å². The first-order chi connectivity index (χ1) is 10.7. The highest BCUT2D eigenvalue weighted by atomic mass is 16.2. The Labute approximate surface area is 133 Å². The Hall–Kier alpha value is -1.10. The first-order valence-corrected chi connectivity index (χ1v) is 8.96. The Kier molecular flexibility index (Phi) is 7.16. The van der Waals surface area contributed by atoms with Gasteiger partial charge in [0.1, 0.15) is 0 Å². The molecule has 2 fully saturated rings. The third-order valence-electron chi connectivity index (χ3n) is 5.11. The summed E-state index contributed by atoms with van der Waals surface area (Å²) in [4.78, 5) is 24.0. The van der Waals surface area contributed by atoms with E-state index >= 15 is 0 Å². The van der Waals surface area contributed by atoms with E-state index in [0.717, 1.165) is 25.7 Å². The first-order valence-electron chi connectivity index (χ1n) is 8.96. The summed E-state index contributed by atoms with van der Waals surface area (Å²) in [5.74, 6) is 1.02. The summed E-state index contributed by atoms with van der Waals surface area (Å²) in [6.45, 7) is 1.04. The Balaban J connectivity index is 1.64. The number of rotatable bonds is 6. The lowest BCUT2D eigenvalue weighted by Gasteiger charge is -2.29. The Bertz CT molecular complexity index is 359. The van der Waals surface area contributed by atoms with Crippen LogP contribution < -0.4 is 16.4 Å². The van der Waals surface area contributed by atoms with E-state index in [2.05, 4.69) is 10.6 Å². The lowest BCUT2D eigenvalue weighted by atomic mass is 9.84. The van der Waals surface area contributed by atoms with E-state index in [0.29, 0.717) is 25.4 Å². The quantitative estimate of drug-likeness (QED) is 0.698. The van der Waals surface area contributed by atoms with Gasteiger partial charge in [0.05, 0.1) is 0 Å². The van der Waals surface area contributed by atoms with Gasteiger partial charge < -0.3 is 16.4 Å². The lowest BCUT2D eigenvalue weighted by molar-refractivity contribution is -0.126. The summed E-state index contributed by atoms with van der Waals surface area (Å²) in [5, 5.41) is 6.04. The molecule has 0 saturated heterocycles. The predicted molar refractivity (Wildman–Crippen MR) is 87.1 cm³/mol. The van der Waals surface area contributed by atoms with Gasteiger partial charge in [0.15, 0.2) is 0 Å². The summed E-state index contributed by atoms with van der Waals surface area (Å²) >= 11 is 0. The van der Waals surface area contributed by atoms with Crippen molar-refractivity contribution in [1.82, 2.24) is 10.6 Å². The topological polar surface area (TPSA) is 84.2 Å². The van der Waals surface area contributed by atoms with Crippen LogP contribution in [0.1, 0.15) is 64.2 Å². The molecule has 0 aromatic rings. The second kappa shape index (κ2) is 9.13. The van der Waals surface area contributed by atoms with Crippen LogP contribution in [-0.4, -0.2) is 30.9 Å². The molecule has 0 atom stereocenters. The van der Waals surface area contributed by atoms with Gasteiger partial charge in [0, 0.05) is 31.5 Å². The van der Waals surface area contributed by atoms with Crippen LogP contribution in [0.15, 0.2) is 0 Å². The average molecular weight is 309 g/mol. The van der Waals surface area contributed by atoms with Crippen molar-refractivity contribution in [2.24, 2.45) is 17.6 Å². The molecule has 2 amide bonds. The second-order valence-corrected chi connectivity index (χ2v) is 6.90. The fraction of sp³-hybridized carbons (Fsp3) is 0.882. The molecular weight excluding hydrogens is 278 g/mol. The number of nitrogens with two attached hydrogens (primary N) is 1. The van der Waals surface area contributed by atoms with E-state index in [-0.39, 0.29) is 23.8 Å². The fourth-order valence-corrected chi connectivity index (χ4v) is 3.78. The van der Waals surface area contributed by atoms with Crippen LogP contribution in [0.2, 0.25) is 0 Å². The second-order valence-electron chi connectivity index (χ2n) is 6.90. The van der Waals surface area contributed by atoms with Crippen LogP contribution in [0, 0.1) is 11.8 Å². The minimum absolute atomic E-state index is 0.0954. The number of hydrogen-bond acceptors (Lipinski definition) is 3. The summed E-state index contributed by atoms with van der Waals surface area (Å²) in [7, 11) is 0. The number of carbonyl (C=O) groups excluding carboxylic acids is 2. The molecule has 2 aliphatic rings. The van der Waals surface area contributed by atoms with Crippen LogP contribution in [-0.2, 0) is 9.59 Å². The molecule has 22 heavy (non-hydrogen) atoms. The SMILES string of the molecule is NCCNC(=O)C1CCC(NC(=O)CC2CCCCC2)CC1. The fourth-order valence-electron chi connectivity index (χ4n) is 3.78. The summed E-state index contributed by atoms with van der Waals surface area (Å²) in [5.41, 5.74) is 5.40. The van der Waals surface area contributed by atoms with E-state index < -0.39 is 0 Å². The molecule has 0 aromatic carbocycles. The Morgan fingerprint density at radius 2 is 1.64 bits per heavy atom. The minimum atomic E-state index is 0.0954. The van der Waals surface area contributed by atoms with Gasteiger partial charge in [0.25, 0.3) is 0 Å². The summed E-state index contributed by atoms with van der Waals surface area (Å²) in [6.07, 6.45) is 10.6. The first kappa shape index (κ1) is 17.3. The van der Waals surface area contributed by atoms with Crippen molar-refractivity contribution in [2.45, 2.75) is 70.3 Å². The molecule has 4 N–H and O–H groups in total. The van der Waals surface area contributed by atoms with Crippen molar-refractivity contribution < 1.29 is 9.59 Å². The van der Waals surface area contributed by atoms with Crippen molar-refractivity contribution in [3.8, 4) is 0 Å². The molecule has 0 bridgehead atoms. The molecular formula is C17H31N3O2. The maximum absolute atomic E-state index is 12.1. The largest absolute Gasteiger partial charge is 0.355 e. The molecule has 2 saturated carbocycles. The van der Waals surface area contributed by atoms with Crippen molar-refractivity contribution in [2.75, 3.05) is 13.1 Å². The van der Waals surface area contributed by atoms with E-state index in [1.54, 1.807) is 0 Å². The Morgan fingerprint density at radius 1 is 0.955 bits per heavy atom. The molecule has 0 aromatic heterocycles. The zero-order chi connectivity index (χ0) is 15.8. The maximum Gasteiger partial charge on any atom is 0.223 e. The van der Waals surface area contributed by atoms with Crippen molar-refractivity contribution in [3.05, 3.63) is 0 Å². The monoisotopic (exact) mass is 309 g/mol. The molecule has 2 aliphatic carbocycles. The third-order valence-corrected chi connectivity index (χ3v) is 5.11. The smallest absolute Gasteiger partial charge is 0.223 e. The van der Waals surface area contributed by atoms with Crippen molar-refractivity contribution in [1.29, 1.82) is 0 Å². The van der Waals surface area contributed by atoms with Gasteiger partial charge in [0.2, 0.25) is 11.8 Å². The number of hydrogen-bond donors (Lipinski definition) is 3. The molecule has 5 heteroatoms. The molecule has 0 heterocycles. The number of amides is 2. The molecule has 0 radical (unpaired) electrons. The van der Waals surface area contributed by atoms with Gasteiger partial charge in [-0.15, -0.1) is 0 Å². The number of carbonyl (C=O) groups is 2. The van der Waals surface area contributed by atoms with E-state index in [1.165, 1.54) is 32.1 Å². The third kappa shape index (κ3) is 5.59. The normalized spacial score (nSPS) is 26.4. The molecule has 0 unspecified atom stereocenters. The highest BCUT2D eigenvalue weighted by Gasteiger charge is 2.27. The maximum atomic E-state index is 12.1. The summed E-state index contributed by atoms with van der Waals surface area (Å²) < 4.78 is 0. The highest BCUT2D eigenvalue weighted by molar-refractivity contribution is 5.79. The Morgan fingerprint density at radius 3 is 2.27 bits per heavy atom. The van der Waals surface area contributed by atoms with Crippen LogP contribution in [0.25, 0.3) is 0 Å². The molecule has 2 rings (SSSR count). The lowest BCUT2D eigenvalue weighted by Crippen LogP contribution is -2.42. The molecule has 0 spiro atoms. The standard InChI is InChI=1S/C17H31N3O2/c18-10-11-19-17(22)14-6-8-15(9-7-14)20-16(21)12-13-4-2-1-3-5-13/h13-15H,1-12,18H2,(H,19,22)(H,20,21). The zero-order valence-corrected chi connectivity index (χ0v) is 13.6. The van der Waals surface area contributed by atoms with E-state index in [9.17, 15) is 9.59 Å². The average Bonchev–Trinajstić information content (AvgIpc) is 2.54. The minimum Gasteiger partial charge on any atom is -0.355 e. The van der Waals surface area contributed by atoms with Crippen LogP contribution >= 0.6 is 0 Å². The van der Waals surface area contributed by atoms with Gasteiger partial charge in [-0.25, -0.2) is 0 Å². The van der Waals surface area contributed by atoms with Crippen LogP contribution in [0.3, 0.4) is 0 Å². The molecule has 5 nitrogen and oxygen atoms in total.